The van der Waals surface area contributed by atoms with Crippen LogP contribution >= 0.6 is 0 Å². The Morgan fingerprint density at radius 2 is 1.50 bits per heavy atom. The molecule has 0 saturated heterocycles. The van der Waals surface area contributed by atoms with Crippen LogP contribution in [0.3, 0.4) is 0 Å². The summed E-state index contributed by atoms with van der Waals surface area (Å²) < 4.78 is 0. The number of aliphatic hydroxyl groups is 2. The van der Waals surface area contributed by atoms with Crippen molar-refractivity contribution in [3.8, 4) is 0 Å². The van der Waals surface area contributed by atoms with E-state index >= 15 is 0 Å². The lowest BCUT2D eigenvalue weighted by molar-refractivity contribution is -0.137. The molecule has 1 rings (SSSR count). The minimum absolute atomic E-state index is 0.187. The number of hydrogen-bond donors (Lipinski definition) is 3. The second kappa shape index (κ2) is 12.2. The molecule has 1 aliphatic carbocycles. The Morgan fingerprint density at radius 3 is 2.07 bits per heavy atom. The lowest BCUT2D eigenvalue weighted by Crippen LogP contribution is -2.43. The van der Waals surface area contributed by atoms with E-state index < -0.39 is 35.9 Å². The number of ketones is 2. The molecule has 1 amide bonds. The molecule has 1 aliphatic rings. The van der Waals surface area contributed by atoms with Gasteiger partial charge in [0.05, 0.1) is 18.2 Å². The summed E-state index contributed by atoms with van der Waals surface area (Å²) in [6.45, 7) is 8.21. The fourth-order valence-corrected chi connectivity index (χ4v) is 2.88. The third-order valence-electron chi connectivity index (χ3n) is 4.91. The number of aliphatic hydroxyl groups excluding tert-OH is 2. The first-order valence-electron chi connectivity index (χ1n) is 10.1. The van der Waals surface area contributed by atoms with E-state index in [4.69, 9.17) is 0 Å². The van der Waals surface area contributed by atoms with Gasteiger partial charge >= 0.3 is 0 Å². The van der Waals surface area contributed by atoms with Gasteiger partial charge in [-0.15, -0.1) is 0 Å². The Hall–Kier alpha value is -2.57. The summed E-state index contributed by atoms with van der Waals surface area (Å²) in [6.07, 6.45) is 11.3. The molecule has 2 unspecified atom stereocenters. The highest BCUT2D eigenvalue weighted by molar-refractivity contribution is 6.35. The molecule has 0 heterocycles. The Labute approximate surface area is 178 Å². The van der Waals surface area contributed by atoms with E-state index in [9.17, 15) is 24.6 Å². The van der Waals surface area contributed by atoms with Gasteiger partial charge in [-0.3, -0.25) is 14.4 Å². The average molecular weight is 416 g/mol. The van der Waals surface area contributed by atoms with Crippen molar-refractivity contribution in [2.24, 2.45) is 5.92 Å². The molecule has 3 N–H and O–H groups in total. The molecule has 0 spiro atoms. The van der Waals surface area contributed by atoms with E-state index in [2.05, 4.69) is 5.32 Å². The first-order valence-corrected chi connectivity index (χ1v) is 10.1. The normalized spacial score (nSPS) is 34.2. The highest BCUT2D eigenvalue weighted by Crippen LogP contribution is 2.16. The molecule has 0 aromatic carbocycles. The van der Waals surface area contributed by atoms with Gasteiger partial charge in [0.2, 0.25) is 5.78 Å². The van der Waals surface area contributed by atoms with Gasteiger partial charge in [-0.25, -0.2) is 0 Å². The van der Waals surface area contributed by atoms with Gasteiger partial charge in [-0.1, -0.05) is 60.6 Å². The van der Waals surface area contributed by atoms with E-state index in [0.717, 1.165) is 11.1 Å². The fourth-order valence-electron chi connectivity index (χ4n) is 2.88. The fraction of sp³-hybridized carbons (Fsp3) is 0.458. The van der Waals surface area contributed by atoms with Crippen LogP contribution in [0, 0.1) is 5.92 Å². The number of carbonyl (C=O) groups is 3. The number of rotatable bonds is 2. The van der Waals surface area contributed by atoms with Gasteiger partial charge in [0.25, 0.3) is 5.91 Å². The van der Waals surface area contributed by atoms with Crippen LogP contribution in [-0.4, -0.2) is 45.9 Å². The minimum Gasteiger partial charge on any atom is -0.389 e. The van der Waals surface area contributed by atoms with Crippen LogP contribution in [0.25, 0.3) is 0 Å². The Bertz CT molecular complexity index is 800. The van der Waals surface area contributed by atoms with E-state index in [1.165, 1.54) is 6.92 Å². The van der Waals surface area contributed by atoms with Gasteiger partial charge < -0.3 is 15.5 Å². The molecule has 6 nitrogen and oxygen atoms in total. The first-order chi connectivity index (χ1) is 14.0. The molecule has 0 aromatic heterocycles. The number of hydrogen-bond acceptors (Lipinski definition) is 5. The van der Waals surface area contributed by atoms with Crippen LogP contribution in [-0.2, 0) is 14.4 Å². The third-order valence-corrected chi connectivity index (χ3v) is 4.91. The maximum atomic E-state index is 12.9. The molecule has 0 saturated carbocycles. The van der Waals surface area contributed by atoms with Gasteiger partial charge in [-0.2, -0.15) is 0 Å². The molecule has 164 valence electrons. The van der Waals surface area contributed by atoms with Crippen molar-refractivity contribution in [2.45, 2.75) is 65.7 Å². The Balaban J connectivity index is 3.31. The molecule has 4 atom stereocenters. The topological polar surface area (TPSA) is 104 Å². The van der Waals surface area contributed by atoms with Gasteiger partial charge in [0, 0.05) is 12.8 Å². The molecule has 30 heavy (non-hydrogen) atoms. The lowest BCUT2D eigenvalue weighted by Gasteiger charge is -2.22. The summed E-state index contributed by atoms with van der Waals surface area (Å²) in [4.78, 5) is 36.2. The summed E-state index contributed by atoms with van der Waals surface area (Å²) in [5.41, 5.74) is 2.13. The van der Waals surface area contributed by atoms with E-state index in [-0.39, 0.29) is 12.2 Å². The zero-order valence-corrected chi connectivity index (χ0v) is 18.4. The number of carbonyl (C=O) groups excluding carboxylic acids is 3. The second-order valence-corrected chi connectivity index (χ2v) is 7.78. The number of Topliss-reactive ketones (excluding diaryl/α,β-unsaturated/α-hetero) is 2. The summed E-state index contributed by atoms with van der Waals surface area (Å²) in [6, 6.07) is -0.693. The highest BCUT2D eigenvalue weighted by atomic mass is 16.3. The van der Waals surface area contributed by atoms with Crippen LogP contribution in [0.4, 0.5) is 0 Å². The maximum absolute atomic E-state index is 12.9. The third kappa shape index (κ3) is 8.84. The van der Waals surface area contributed by atoms with Crippen LogP contribution in [0.2, 0.25) is 0 Å². The van der Waals surface area contributed by atoms with Crippen LogP contribution < -0.4 is 5.32 Å². The molecule has 0 aliphatic heterocycles. The molecule has 6 heteroatoms. The highest BCUT2D eigenvalue weighted by Gasteiger charge is 2.26. The van der Waals surface area contributed by atoms with Crippen LogP contribution in [0.15, 0.2) is 59.3 Å². The second-order valence-electron chi connectivity index (χ2n) is 7.78. The zero-order valence-electron chi connectivity index (χ0n) is 18.4. The Morgan fingerprint density at radius 1 is 0.967 bits per heavy atom. The van der Waals surface area contributed by atoms with Crippen molar-refractivity contribution < 1.29 is 24.6 Å². The number of nitrogens with one attached hydrogen (secondary N) is 1. The van der Waals surface area contributed by atoms with Crippen molar-refractivity contribution in [1.29, 1.82) is 0 Å². The monoisotopic (exact) mass is 415 g/mol. The maximum Gasteiger partial charge on any atom is 0.287 e. The van der Waals surface area contributed by atoms with Crippen molar-refractivity contribution >= 4 is 17.5 Å². The SMILES string of the molecule is CC(=O)C(=O)NC1/C=C(C)/C=C/[C@@H](O)C/C=C(C)/C=C/[C@@H](O)C/C=C(\C)C(=O)C1C. The summed E-state index contributed by atoms with van der Waals surface area (Å²) in [5.74, 6) is -2.21. The molecule has 0 aromatic rings. The van der Waals surface area contributed by atoms with E-state index in [1.54, 1.807) is 57.2 Å². The van der Waals surface area contributed by atoms with E-state index in [0.29, 0.717) is 12.0 Å². The quantitative estimate of drug-likeness (QED) is 0.602. The van der Waals surface area contributed by atoms with Gasteiger partial charge in [-0.05, 0) is 39.2 Å². The number of allylic oxidation sites excluding steroid dienone is 5. The lowest BCUT2D eigenvalue weighted by atomic mass is 9.90. The summed E-state index contributed by atoms with van der Waals surface area (Å²) in [5, 5.41) is 22.9. The number of amides is 1. The zero-order chi connectivity index (χ0) is 22.8. The average Bonchev–Trinajstić information content (AvgIpc) is 2.70. The predicted octanol–water partition coefficient (Wildman–Crippen LogP) is 2.73. The van der Waals surface area contributed by atoms with Crippen LogP contribution in [0.5, 0.6) is 0 Å². The smallest absolute Gasteiger partial charge is 0.287 e. The van der Waals surface area contributed by atoms with Crippen LogP contribution in [0.1, 0.15) is 47.5 Å². The van der Waals surface area contributed by atoms with Crippen molar-refractivity contribution in [2.75, 3.05) is 0 Å². The van der Waals surface area contributed by atoms with Crippen molar-refractivity contribution in [3.05, 3.63) is 59.3 Å². The minimum atomic E-state index is -0.763. The molecular weight excluding hydrogens is 382 g/mol. The molecule has 0 bridgehead atoms. The van der Waals surface area contributed by atoms with Crippen molar-refractivity contribution in [1.82, 2.24) is 5.32 Å². The first kappa shape index (κ1) is 25.5. The van der Waals surface area contributed by atoms with Gasteiger partial charge in [0.1, 0.15) is 0 Å². The van der Waals surface area contributed by atoms with E-state index in [1.807, 2.05) is 13.0 Å². The Kier molecular flexibility index (Phi) is 10.4. The predicted molar refractivity (Wildman–Crippen MR) is 118 cm³/mol. The van der Waals surface area contributed by atoms with Gasteiger partial charge in [0.15, 0.2) is 5.78 Å². The van der Waals surface area contributed by atoms with Crippen molar-refractivity contribution in [3.63, 3.8) is 0 Å². The molecule has 0 radical (unpaired) electrons. The molecular formula is C24H33NO5. The summed E-state index contributed by atoms with van der Waals surface area (Å²) >= 11 is 0. The summed E-state index contributed by atoms with van der Waals surface area (Å²) in [7, 11) is 0. The largest absolute Gasteiger partial charge is 0.389 e. The standard InChI is InChI=1S/C24H33NO5/c1-15-6-10-20(27)12-8-16(2)14-22(25-24(30)19(5)26)18(4)23(29)17(3)9-13-21(28)11-7-15/h6-9,11-12,14,18,20-22,27-28H,10,13H2,1-5H3,(H,25,30)/b11-7+,12-8+,15-6+,16-14+,17-9+/t18?,20-,21+,22?/m0/s1. The molecule has 0 fully saturated rings.